The fourth-order valence-corrected chi connectivity index (χ4v) is 6.25. The van der Waals surface area contributed by atoms with Crippen LogP contribution in [0.2, 0.25) is 0 Å². The van der Waals surface area contributed by atoms with Gasteiger partial charge in [-0.1, -0.05) is 34.1 Å². The van der Waals surface area contributed by atoms with Crippen LogP contribution >= 0.6 is 0 Å². The number of ketones is 1. The summed E-state index contributed by atoms with van der Waals surface area (Å²) >= 11 is 0. The third kappa shape index (κ3) is 9.82. The lowest BCUT2D eigenvalue weighted by atomic mass is 9.85. The summed E-state index contributed by atoms with van der Waals surface area (Å²) in [6, 6.07) is 5.17. The minimum absolute atomic E-state index is 0.00228. The molecule has 286 valence electrons. The number of carbonyl (C=O) groups excluding carboxylic acids is 5. The second kappa shape index (κ2) is 15.8. The number of ether oxygens (including phenoxy) is 2. The number of pyridine rings is 1. The number of carbonyl (C=O) groups is 5. The maximum atomic E-state index is 14.6. The predicted molar refractivity (Wildman–Crippen MR) is 198 cm³/mol. The Balaban J connectivity index is 1.48. The number of Topliss-reactive ketones (excluding diaryl/α,β-unsaturated/α-hetero) is 1. The van der Waals surface area contributed by atoms with Gasteiger partial charge in [0.25, 0.3) is 5.91 Å². The third-order valence-electron chi connectivity index (χ3n) is 9.07. The van der Waals surface area contributed by atoms with E-state index in [1.165, 1.54) is 4.90 Å². The zero-order valence-electron chi connectivity index (χ0n) is 31.8. The van der Waals surface area contributed by atoms with Crippen molar-refractivity contribution in [2.75, 3.05) is 13.7 Å². The van der Waals surface area contributed by atoms with Gasteiger partial charge in [0.05, 0.1) is 25.2 Å². The van der Waals surface area contributed by atoms with Crippen LogP contribution in [0, 0.1) is 5.41 Å². The number of fused-ring (bicyclic) bond motifs is 1. The van der Waals surface area contributed by atoms with E-state index in [2.05, 4.69) is 26.4 Å². The first kappa shape index (κ1) is 39.0. The summed E-state index contributed by atoms with van der Waals surface area (Å²) in [7, 11) is 1.57. The molecule has 3 heterocycles. The van der Waals surface area contributed by atoms with Crippen molar-refractivity contribution >= 4 is 40.4 Å². The van der Waals surface area contributed by atoms with Crippen LogP contribution in [0.1, 0.15) is 80.6 Å². The Kier molecular flexibility index (Phi) is 11.6. The zero-order chi connectivity index (χ0) is 38.7. The van der Waals surface area contributed by atoms with E-state index in [0.717, 1.165) is 12.8 Å². The van der Waals surface area contributed by atoms with Crippen LogP contribution in [-0.2, 0) is 19.2 Å². The number of nitrogens with one attached hydrogen (secondary N) is 4. The maximum absolute atomic E-state index is 14.6. The summed E-state index contributed by atoms with van der Waals surface area (Å²) in [6.45, 7) is 12.8. The summed E-state index contributed by atoms with van der Waals surface area (Å²) in [5.41, 5.74) is -0.740. The number of likely N-dealkylation sites (tertiary alicyclic amines) is 1. The van der Waals surface area contributed by atoms with Crippen LogP contribution in [0.15, 0.2) is 42.7 Å². The molecule has 53 heavy (non-hydrogen) atoms. The van der Waals surface area contributed by atoms with Crippen molar-refractivity contribution in [2.24, 2.45) is 5.41 Å². The molecule has 2 aliphatic rings. The molecule has 1 aliphatic heterocycles. The number of benzene rings is 1. The largest absolute Gasteiger partial charge is 0.497 e. The molecule has 4 atom stereocenters. The monoisotopic (exact) mass is 732 g/mol. The molecule has 2 aromatic heterocycles. The second-order valence-corrected chi connectivity index (χ2v) is 15.9. The van der Waals surface area contributed by atoms with E-state index in [0.29, 0.717) is 34.6 Å². The van der Waals surface area contributed by atoms with Gasteiger partial charge < -0.3 is 35.6 Å². The molecule has 0 spiro atoms. The maximum Gasteiger partial charge on any atom is 0.315 e. The lowest BCUT2D eigenvalue weighted by Crippen LogP contribution is -2.61. The molecule has 2 fully saturated rings. The fourth-order valence-electron chi connectivity index (χ4n) is 6.25. The van der Waals surface area contributed by atoms with Gasteiger partial charge in [-0.3, -0.25) is 19.2 Å². The summed E-state index contributed by atoms with van der Waals surface area (Å²) in [4.78, 5) is 74.0. The molecule has 3 aromatic rings. The molecule has 1 saturated heterocycles. The second-order valence-electron chi connectivity index (χ2n) is 15.9. The zero-order valence-corrected chi connectivity index (χ0v) is 31.8. The highest BCUT2D eigenvalue weighted by molar-refractivity contribution is 6.38. The number of aromatic nitrogens is 3. The van der Waals surface area contributed by atoms with Crippen molar-refractivity contribution in [3.05, 3.63) is 42.7 Å². The van der Waals surface area contributed by atoms with E-state index in [9.17, 15) is 24.0 Å². The summed E-state index contributed by atoms with van der Waals surface area (Å²) in [5, 5.41) is 16.2. The summed E-state index contributed by atoms with van der Waals surface area (Å²) in [6.07, 6.45) is 5.17. The molecule has 4 N–H and O–H groups in total. The lowest BCUT2D eigenvalue weighted by molar-refractivity contribution is -0.144. The van der Waals surface area contributed by atoms with Crippen molar-refractivity contribution in [1.29, 1.82) is 0 Å². The number of hydrogen-bond donors (Lipinski definition) is 4. The van der Waals surface area contributed by atoms with Gasteiger partial charge in [-0.25, -0.2) is 14.5 Å². The van der Waals surface area contributed by atoms with Gasteiger partial charge in [-0.05, 0) is 63.6 Å². The Morgan fingerprint density at radius 2 is 1.75 bits per heavy atom. The van der Waals surface area contributed by atoms with Crippen LogP contribution in [0.4, 0.5) is 4.79 Å². The predicted octanol–water partition coefficient (Wildman–Crippen LogP) is 3.42. The highest BCUT2D eigenvalue weighted by atomic mass is 16.5. The van der Waals surface area contributed by atoms with E-state index in [1.54, 1.807) is 48.5 Å². The minimum atomic E-state index is -1.08. The van der Waals surface area contributed by atoms with Crippen LogP contribution in [0.25, 0.3) is 16.7 Å². The number of urea groups is 1. The van der Waals surface area contributed by atoms with E-state index in [4.69, 9.17) is 14.5 Å². The molecule has 15 heteroatoms. The standard InChI is InChI=1S/C38H52N8O7/c1-9-11-26(31(47)34(49)40-22-12-13-22)42-33(48)28-19-24(21-45(28)35(50)32(37(2,3)4)43-36(51)44-38(5,6)7)53-29-20-30(46-17-10-16-39-46)41-27-18-23(52-8)14-15-25(27)29/h10,14-18,20,22,24,26,28,32H,9,11-13,19,21H2,1-8H3,(H,40,49)(H,42,48)(H2,43,44,51)/t24?,26-,28?,32+/m0/s1. The van der Waals surface area contributed by atoms with Crippen molar-refractivity contribution in [3.8, 4) is 17.3 Å². The van der Waals surface area contributed by atoms with Crippen LogP contribution < -0.4 is 30.7 Å². The molecule has 1 aromatic carbocycles. The fraction of sp³-hybridized carbons (Fsp3) is 0.553. The van der Waals surface area contributed by atoms with Gasteiger partial charge in [0.15, 0.2) is 5.82 Å². The minimum Gasteiger partial charge on any atom is -0.497 e. The number of methoxy groups -OCH3 is 1. The molecule has 2 unspecified atom stereocenters. The first-order valence-corrected chi connectivity index (χ1v) is 18.2. The summed E-state index contributed by atoms with van der Waals surface area (Å²) in [5.74, 6) is -1.01. The first-order chi connectivity index (χ1) is 25.0. The van der Waals surface area contributed by atoms with E-state index in [-0.39, 0.29) is 25.4 Å². The SMILES string of the molecule is CCC[C@H](NC(=O)C1CC(Oc2cc(-n3cccn3)nc3cc(OC)ccc23)CN1C(=O)[C@@H](NC(=O)NC(C)(C)C)C(C)(C)C)C(=O)C(=O)NC1CC1. The average Bonchev–Trinajstić information content (AvgIpc) is 3.53. The quantitative estimate of drug-likeness (QED) is 0.191. The Bertz CT molecular complexity index is 1830. The van der Waals surface area contributed by atoms with Crippen LogP contribution in [0.5, 0.6) is 11.5 Å². The molecule has 0 radical (unpaired) electrons. The van der Waals surface area contributed by atoms with Gasteiger partial charge in [-0.15, -0.1) is 0 Å². The Morgan fingerprint density at radius 3 is 2.36 bits per heavy atom. The normalized spacial score (nSPS) is 18.5. The Morgan fingerprint density at radius 1 is 1.02 bits per heavy atom. The van der Waals surface area contributed by atoms with Gasteiger partial charge in [0.2, 0.25) is 17.6 Å². The number of rotatable bonds is 13. The van der Waals surface area contributed by atoms with Crippen LogP contribution in [-0.4, -0.2) is 98.7 Å². The topological polar surface area (TPSA) is 186 Å². The van der Waals surface area contributed by atoms with Gasteiger partial charge in [0, 0.05) is 47.9 Å². The number of hydrogen-bond acceptors (Lipinski definition) is 9. The molecule has 1 saturated carbocycles. The van der Waals surface area contributed by atoms with Crippen molar-refractivity contribution in [3.63, 3.8) is 0 Å². The molecule has 1 aliphatic carbocycles. The van der Waals surface area contributed by atoms with Gasteiger partial charge >= 0.3 is 6.03 Å². The van der Waals surface area contributed by atoms with Crippen molar-refractivity contribution in [1.82, 2.24) is 40.9 Å². The molecule has 5 amide bonds. The Hall–Kier alpha value is -5.21. The number of nitrogens with zero attached hydrogens (tertiary/aromatic N) is 4. The molecular formula is C38H52N8O7. The highest BCUT2D eigenvalue weighted by Gasteiger charge is 2.47. The van der Waals surface area contributed by atoms with E-state index < -0.39 is 64.7 Å². The highest BCUT2D eigenvalue weighted by Crippen LogP contribution is 2.34. The molecule has 15 nitrogen and oxygen atoms in total. The average molecular weight is 733 g/mol. The lowest BCUT2D eigenvalue weighted by Gasteiger charge is -2.36. The van der Waals surface area contributed by atoms with Crippen molar-refractivity contribution in [2.45, 2.75) is 116 Å². The molecular weight excluding hydrogens is 680 g/mol. The summed E-state index contributed by atoms with van der Waals surface area (Å²) < 4.78 is 13.7. The van der Waals surface area contributed by atoms with Gasteiger partial charge in [-0.2, -0.15) is 5.10 Å². The molecule has 5 rings (SSSR count). The van der Waals surface area contributed by atoms with E-state index in [1.807, 2.05) is 54.5 Å². The van der Waals surface area contributed by atoms with Crippen molar-refractivity contribution < 1.29 is 33.4 Å². The Labute approximate surface area is 309 Å². The molecule has 0 bridgehead atoms. The van der Waals surface area contributed by atoms with E-state index >= 15 is 0 Å². The van der Waals surface area contributed by atoms with Crippen LogP contribution in [0.3, 0.4) is 0 Å². The third-order valence-corrected chi connectivity index (χ3v) is 9.07. The smallest absolute Gasteiger partial charge is 0.315 e. The first-order valence-electron chi connectivity index (χ1n) is 18.2. The number of amides is 5. The van der Waals surface area contributed by atoms with Gasteiger partial charge in [0.1, 0.15) is 29.7 Å².